The molecule has 0 spiro atoms. The Morgan fingerprint density at radius 1 is 1.69 bits per heavy atom. The Morgan fingerprint density at radius 2 is 2.38 bits per heavy atom. The summed E-state index contributed by atoms with van der Waals surface area (Å²) in [5.74, 6) is 2.78. The Labute approximate surface area is 85.0 Å². The normalized spacial score (nSPS) is 25.6. The molecule has 0 bridgehead atoms. The van der Waals surface area contributed by atoms with Gasteiger partial charge < -0.3 is 0 Å². The van der Waals surface area contributed by atoms with Gasteiger partial charge in [0.05, 0.1) is 0 Å². The van der Waals surface area contributed by atoms with Crippen molar-refractivity contribution in [3.8, 4) is 0 Å². The highest BCUT2D eigenvalue weighted by Gasteiger charge is 2.23. The molecule has 0 N–H and O–H groups in total. The molecule has 74 valence electrons. The fourth-order valence-electron chi connectivity index (χ4n) is 1.76. The summed E-state index contributed by atoms with van der Waals surface area (Å²) in [4.78, 5) is 11.4. The number of carbonyl (C=O) groups is 1. The molecule has 2 atom stereocenters. The third-order valence-electron chi connectivity index (χ3n) is 2.85. The fraction of sp³-hybridized carbons (Fsp3) is 0.727. The number of Topliss-reactive ketones (excluding diaryl/α,β-unsaturated/α-hetero) is 1. The maximum atomic E-state index is 11.4. The number of ketones is 1. The molecule has 1 aliphatic rings. The lowest BCUT2D eigenvalue weighted by Gasteiger charge is -2.25. The van der Waals surface area contributed by atoms with Crippen molar-refractivity contribution in [3.05, 3.63) is 11.6 Å². The Morgan fingerprint density at radius 3 is 2.92 bits per heavy atom. The molecule has 13 heavy (non-hydrogen) atoms. The van der Waals surface area contributed by atoms with Gasteiger partial charge in [-0.25, -0.2) is 0 Å². The lowest BCUT2D eigenvalue weighted by molar-refractivity contribution is -0.117. The van der Waals surface area contributed by atoms with Crippen LogP contribution in [0.2, 0.25) is 0 Å². The Hall–Kier alpha value is -0.240. The lowest BCUT2D eigenvalue weighted by Crippen LogP contribution is -2.21. The van der Waals surface area contributed by atoms with E-state index in [0.717, 1.165) is 18.4 Å². The van der Waals surface area contributed by atoms with Crippen LogP contribution in [0.4, 0.5) is 0 Å². The highest BCUT2D eigenvalue weighted by molar-refractivity contribution is 7.98. The van der Waals surface area contributed by atoms with Gasteiger partial charge in [-0.05, 0) is 42.8 Å². The molecule has 2 heteroatoms. The molecule has 1 nitrogen and oxygen atoms in total. The summed E-state index contributed by atoms with van der Waals surface area (Å²) in [7, 11) is 0. The number of rotatable bonds is 3. The second-order valence-corrected chi connectivity index (χ2v) is 4.85. The van der Waals surface area contributed by atoms with Gasteiger partial charge in [-0.3, -0.25) is 4.79 Å². The van der Waals surface area contributed by atoms with Gasteiger partial charge in [-0.15, -0.1) is 0 Å². The predicted molar refractivity (Wildman–Crippen MR) is 59.0 cm³/mol. The van der Waals surface area contributed by atoms with Crippen LogP contribution in [0.15, 0.2) is 11.6 Å². The van der Waals surface area contributed by atoms with Crippen LogP contribution in [0.1, 0.15) is 26.7 Å². The molecule has 0 amide bonds. The molecule has 0 aromatic carbocycles. The van der Waals surface area contributed by atoms with Crippen LogP contribution in [0.5, 0.6) is 0 Å². The van der Waals surface area contributed by atoms with E-state index in [-0.39, 0.29) is 0 Å². The van der Waals surface area contributed by atoms with Crippen LogP contribution in [-0.2, 0) is 4.79 Å². The quantitative estimate of drug-likeness (QED) is 0.693. The largest absolute Gasteiger partial charge is 0.295 e. The molecule has 2 unspecified atom stereocenters. The van der Waals surface area contributed by atoms with Crippen molar-refractivity contribution in [2.45, 2.75) is 26.7 Å². The van der Waals surface area contributed by atoms with Gasteiger partial charge in [0.25, 0.3) is 0 Å². The maximum absolute atomic E-state index is 11.4. The first kappa shape index (κ1) is 10.8. The fourth-order valence-corrected chi connectivity index (χ4v) is 2.55. The van der Waals surface area contributed by atoms with Gasteiger partial charge in [0.15, 0.2) is 5.78 Å². The van der Waals surface area contributed by atoms with E-state index in [0.29, 0.717) is 17.6 Å². The van der Waals surface area contributed by atoms with E-state index in [1.165, 1.54) is 5.75 Å². The molecular formula is C11H18OS. The number of thioether (sulfide) groups is 1. The van der Waals surface area contributed by atoms with E-state index in [2.05, 4.69) is 19.3 Å². The van der Waals surface area contributed by atoms with Gasteiger partial charge in [-0.1, -0.05) is 13.0 Å². The predicted octanol–water partition coefficient (Wildman–Crippen LogP) is 2.91. The average molecular weight is 198 g/mol. The summed E-state index contributed by atoms with van der Waals surface area (Å²) in [6.07, 6.45) is 6.10. The third-order valence-corrected chi connectivity index (χ3v) is 3.71. The van der Waals surface area contributed by atoms with Gasteiger partial charge in [0.1, 0.15) is 0 Å². The zero-order chi connectivity index (χ0) is 9.84. The van der Waals surface area contributed by atoms with Gasteiger partial charge >= 0.3 is 0 Å². The first-order valence-corrected chi connectivity index (χ1v) is 6.23. The van der Waals surface area contributed by atoms with Crippen LogP contribution in [0.3, 0.4) is 0 Å². The van der Waals surface area contributed by atoms with E-state index >= 15 is 0 Å². The van der Waals surface area contributed by atoms with Crippen molar-refractivity contribution in [2.24, 2.45) is 11.8 Å². The Balaban J connectivity index is 2.51. The second kappa shape index (κ2) is 4.85. The third kappa shape index (κ3) is 2.87. The molecule has 0 fully saturated rings. The molecule has 0 aromatic heterocycles. The van der Waals surface area contributed by atoms with Crippen molar-refractivity contribution in [1.82, 2.24) is 0 Å². The summed E-state index contributed by atoms with van der Waals surface area (Å²) >= 11 is 1.87. The van der Waals surface area contributed by atoms with E-state index in [1.807, 2.05) is 18.7 Å². The van der Waals surface area contributed by atoms with Gasteiger partial charge in [0.2, 0.25) is 0 Å². The molecule has 0 radical (unpaired) electrons. The zero-order valence-corrected chi connectivity index (χ0v) is 9.49. The SMILES string of the molecule is CSCC(C)C1CC=C(C)C(=O)C1. The lowest BCUT2D eigenvalue weighted by atomic mass is 9.82. The average Bonchev–Trinajstić information content (AvgIpc) is 2.10. The minimum Gasteiger partial charge on any atom is -0.295 e. The van der Waals surface area contributed by atoms with Gasteiger partial charge in [0, 0.05) is 6.42 Å². The van der Waals surface area contributed by atoms with Crippen LogP contribution >= 0.6 is 11.8 Å². The van der Waals surface area contributed by atoms with E-state index in [9.17, 15) is 4.79 Å². The Kier molecular flexibility index (Phi) is 4.04. The zero-order valence-electron chi connectivity index (χ0n) is 8.67. The van der Waals surface area contributed by atoms with Crippen molar-refractivity contribution in [1.29, 1.82) is 0 Å². The van der Waals surface area contributed by atoms with Crippen LogP contribution < -0.4 is 0 Å². The molecule has 0 saturated heterocycles. The first-order valence-electron chi connectivity index (χ1n) is 4.84. The summed E-state index contributed by atoms with van der Waals surface area (Å²) in [5, 5.41) is 0. The van der Waals surface area contributed by atoms with Crippen molar-refractivity contribution < 1.29 is 4.79 Å². The molecular weight excluding hydrogens is 180 g/mol. The summed E-state index contributed by atoms with van der Waals surface area (Å²) in [6, 6.07) is 0. The van der Waals surface area contributed by atoms with Crippen molar-refractivity contribution in [2.75, 3.05) is 12.0 Å². The topological polar surface area (TPSA) is 17.1 Å². The molecule has 0 aliphatic heterocycles. The smallest absolute Gasteiger partial charge is 0.158 e. The number of carbonyl (C=O) groups excluding carboxylic acids is 1. The molecule has 1 rings (SSSR count). The van der Waals surface area contributed by atoms with E-state index in [4.69, 9.17) is 0 Å². The summed E-state index contributed by atoms with van der Waals surface area (Å²) in [5.41, 5.74) is 0.965. The summed E-state index contributed by atoms with van der Waals surface area (Å²) < 4.78 is 0. The number of hydrogen-bond acceptors (Lipinski definition) is 2. The van der Waals surface area contributed by atoms with Crippen molar-refractivity contribution in [3.63, 3.8) is 0 Å². The van der Waals surface area contributed by atoms with Crippen molar-refractivity contribution >= 4 is 17.5 Å². The molecule has 0 aromatic rings. The molecule has 1 aliphatic carbocycles. The Bertz CT molecular complexity index is 220. The number of allylic oxidation sites excluding steroid dienone is 2. The van der Waals surface area contributed by atoms with E-state index in [1.54, 1.807) is 0 Å². The molecule has 0 heterocycles. The highest BCUT2D eigenvalue weighted by atomic mass is 32.2. The monoisotopic (exact) mass is 198 g/mol. The molecule has 0 saturated carbocycles. The highest BCUT2D eigenvalue weighted by Crippen LogP contribution is 2.28. The van der Waals surface area contributed by atoms with Gasteiger partial charge in [-0.2, -0.15) is 11.8 Å². The standard InChI is InChI=1S/C11H18OS/c1-8-4-5-10(6-11(8)12)9(2)7-13-3/h4,9-10H,5-7H2,1-3H3. The number of hydrogen-bond donors (Lipinski definition) is 0. The summed E-state index contributed by atoms with van der Waals surface area (Å²) in [6.45, 7) is 4.18. The first-order chi connectivity index (χ1) is 6.15. The minimum atomic E-state index is 0.351. The van der Waals surface area contributed by atoms with Crippen LogP contribution in [-0.4, -0.2) is 17.8 Å². The second-order valence-electron chi connectivity index (χ2n) is 3.94. The van der Waals surface area contributed by atoms with Crippen LogP contribution in [0.25, 0.3) is 0 Å². The maximum Gasteiger partial charge on any atom is 0.158 e. The van der Waals surface area contributed by atoms with Crippen LogP contribution in [0, 0.1) is 11.8 Å². The van der Waals surface area contributed by atoms with E-state index < -0.39 is 0 Å². The minimum absolute atomic E-state index is 0.351.